The van der Waals surface area contributed by atoms with Crippen molar-refractivity contribution in [3.63, 3.8) is 0 Å². The molecular weight excluding hydrogens is 260 g/mol. The molecule has 1 atom stereocenters. The first-order chi connectivity index (χ1) is 9.51. The van der Waals surface area contributed by atoms with Crippen LogP contribution in [0.3, 0.4) is 0 Å². The Morgan fingerprint density at radius 3 is 2.40 bits per heavy atom. The molecule has 0 spiro atoms. The third-order valence-electron chi connectivity index (χ3n) is 3.35. The van der Waals surface area contributed by atoms with E-state index in [4.69, 9.17) is 5.73 Å². The maximum Gasteiger partial charge on any atom is 0.163 e. The summed E-state index contributed by atoms with van der Waals surface area (Å²) in [6, 6.07) is 4.00. The molecule has 2 N–H and O–H groups in total. The molecule has 5 heteroatoms. The topological polar surface area (TPSA) is 32.5 Å². The Bertz CT molecular complexity index is 410. The first-order valence-corrected chi connectivity index (χ1v) is 7.04. The van der Waals surface area contributed by atoms with E-state index in [9.17, 15) is 8.78 Å². The molecule has 0 radical (unpaired) electrons. The maximum atomic E-state index is 14.0. The average molecular weight is 285 g/mol. The van der Waals surface area contributed by atoms with Crippen LogP contribution < -0.4 is 5.73 Å². The number of rotatable bonds is 8. The third-order valence-corrected chi connectivity index (χ3v) is 3.35. The molecule has 0 saturated heterocycles. The Balaban J connectivity index is 2.96. The molecule has 1 aromatic rings. The van der Waals surface area contributed by atoms with Crippen LogP contribution in [0.4, 0.5) is 8.78 Å². The Kier molecular flexibility index (Phi) is 7.05. The van der Waals surface area contributed by atoms with E-state index in [-0.39, 0.29) is 12.6 Å². The van der Waals surface area contributed by atoms with Crippen LogP contribution >= 0.6 is 0 Å². The van der Waals surface area contributed by atoms with Crippen molar-refractivity contribution in [3.8, 4) is 0 Å². The predicted molar refractivity (Wildman–Crippen MR) is 78.6 cm³/mol. The lowest BCUT2D eigenvalue weighted by atomic mass is 10.0. The number of hydrogen-bond acceptors (Lipinski definition) is 3. The van der Waals surface area contributed by atoms with Gasteiger partial charge in [-0.25, -0.2) is 8.78 Å². The van der Waals surface area contributed by atoms with E-state index in [0.29, 0.717) is 5.56 Å². The van der Waals surface area contributed by atoms with Crippen molar-refractivity contribution in [1.82, 2.24) is 9.80 Å². The molecule has 0 fully saturated rings. The van der Waals surface area contributed by atoms with Crippen molar-refractivity contribution in [3.05, 3.63) is 35.4 Å². The van der Waals surface area contributed by atoms with Gasteiger partial charge < -0.3 is 10.6 Å². The first kappa shape index (κ1) is 17.0. The molecule has 20 heavy (non-hydrogen) atoms. The Labute approximate surface area is 120 Å². The van der Waals surface area contributed by atoms with E-state index in [1.54, 1.807) is 6.07 Å². The second-order valence-electron chi connectivity index (χ2n) is 5.23. The molecule has 3 nitrogen and oxygen atoms in total. The minimum absolute atomic E-state index is 0.272. The van der Waals surface area contributed by atoms with Gasteiger partial charge in [0, 0.05) is 25.2 Å². The molecule has 1 aromatic carbocycles. The fraction of sp³-hybridized carbons (Fsp3) is 0.600. The van der Waals surface area contributed by atoms with Crippen molar-refractivity contribution in [2.45, 2.75) is 19.4 Å². The van der Waals surface area contributed by atoms with Gasteiger partial charge in [-0.3, -0.25) is 4.90 Å². The van der Waals surface area contributed by atoms with Crippen LogP contribution in [0.5, 0.6) is 0 Å². The van der Waals surface area contributed by atoms with Crippen LogP contribution in [0.1, 0.15) is 24.9 Å². The zero-order valence-corrected chi connectivity index (χ0v) is 12.6. The van der Waals surface area contributed by atoms with Gasteiger partial charge in [0.1, 0.15) is 0 Å². The number of benzene rings is 1. The number of halogens is 2. The third kappa shape index (κ3) is 4.51. The summed E-state index contributed by atoms with van der Waals surface area (Å²) in [5.74, 6) is -1.60. The van der Waals surface area contributed by atoms with E-state index in [0.717, 1.165) is 32.1 Å². The molecule has 0 bridgehead atoms. The quantitative estimate of drug-likeness (QED) is 0.795. The lowest BCUT2D eigenvalue weighted by Crippen LogP contribution is -2.39. The van der Waals surface area contributed by atoms with Gasteiger partial charge in [-0.1, -0.05) is 19.1 Å². The summed E-state index contributed by atoms with van der Waals surface area (Å²) in [7, 11) is 3.98. The standard InChI is InChI=1S/C15H25F2N3/c1-4-8-20(10-9-19(2)3)14(11-18)12-6-5-7-13(16)15(12)17/h5-7,14H,4,8-11,18H2,1-3H3. The molecule has 114 valence electrons. The van der Waals surface area contributed by atoms with Gasteiger partial charge in [-0.2, -0.15) is 0 Å². The number of nitrogens with zero attached hydrogens (tertiary/aromatic N) is 2. The van der Waals surface area contributed by atoms with E-state index in [2.05, 4.69) is 16.7 Å². The molecule has 0 aromatic heterocycles. The smallest absolute Gasteiger partial charge is 0.163 e. The highest BCUT2D eigenvalue weighted by molar-refractivity contribution is 5.23. The van der Waals surface area contributed by atoms with Crippen molar-refractivity contribution in [2.75, 3.05) is 40.3 Å². The molecule has 1 rings (SSSR count). The van der Waals surface area contributed by atoms with Gasteiger partial charge in [-0.05, 0) is 33.1 Å². The summed E-state index contributed by atoms with van der Waals surface area (Å²) >= 11 is 0. The highest BCUT2D eigenvalue weighted by Gasteiger charge is 2.22. The van der Waals surface area contributed by atoms with Gasteiger partial charge in [0.15, 0.2) is 11.6 Å². The molecule has 0 amide bonds. The van der Waals surface area contributed by atoms with E-state index < -0.39 is 11.6 Å². The molecular formula is C15H25F2N3. The van der Waals surface area contributed by atoms with Crippen LogP contribution in [0.25, 0.3) is 0 Å². The van der Waals surface area contributed by atoms with Crippen molar-refractivity contribution < 1.29 is 8.78 Å². The number of hydrogen-bond donors (Lipinski definition) is 1. The van der Waals surface area contributed by atoms with Crippen LogP contribution in [-0.4, -0.2) is 50.1 Å². The fourth-order valence-electron chi connectivity index (χ4n) is 2.29. The van der Waals surface area contributed by atoms with E-state index in [1.807, 2.05) is 14.1 Å². The summed E-state index contributed by atoms with van der Waals surface area (Å²) in [5.41, 5.74) is 6.16. The lowest BCUT2D eigenvalue weighted by Gasteiger charge is -2.32. The van der Waals surface area contributed by atoms with Gasteiger partial charge in [0.2, 0.25) is 0 Å². The molecule has 1 unspecified atom stereocenters. The fourth-order valence-corrected chi connectivity index (χ4v) is 2.29. The predicted octanol–water partition coefficient (Wildman–Crippen LogP) is 2.24. The Morgan fingerprint density at radius 2 is 1.85 bits per heavy atom. The lowest BCUT2D eigenvalue weighted by molar-refractivity contribution is 0.178. The van der Waals surface area contributed by atoms with Crippen molar-refractivity contribution >= 4 is 0 Å². The van der Waals surface area contributed by atoms with Gasteiger partial charge in [0.25, 0.3) is 0 Å². The van der Waals surface area contributed by atoms with E-state index >= 15 is 0 Å². The van der Waals surface area contributed by atoms with Crippen LogP contribution in [0.2, 0.25) is 0 Å². The zero-order chi connectivity index (χ0) is 15.1. The van der Waals surface area contributed by atoms with Crippen LogP contribution in [0, 0.1) is 11.6 Å². The highest BCUT2D eigenvalue weighted by Crippen LogP contribution is 2.24. The van der Waals surface area contributed by atoms with Gasteiger partial charge in [0.05, 0.1) is 6.04 Å². The normalized spacial score (nSPS) is 13.2. The van der Waals surface area contributed by atoms with Crippen molar-refractivity contribution in [2.24, 2.45) is 5.73 Å². The Morgan fingerprint density at radius 1 is 1.15 bits per heavy atom. The minimum atomic E-state index is -0.815. The Hall–Kier alpha value is -1.04. The van der Waals surface area contributed by atoms with Crippen molar-refractivity contribution in [1.29, 1.82) is 0 Å². The summed E-state index contributed by atoms with van der Waals surface area (Å²) in [5, 5.41) is 0. The first-order valence-electron chi connectivity index (χ1n) is 7.04. The molecule has 0 aliphatic heterocycles. The summed E-state index contributed by atoms with van der Waals surface area (Å²) in [4.78, 5) is 4.19. The number of nitrogens with two attached hydrogens (primary N) is 1. The summed E-state index contributed by atoms with van der Waals surface area (Å²) in [6.07, 6.45) is 0.945. The summed E-state index contributed by atoms with van der Waals surface area (Å²) in [6.45, 7) is 4.78. The second-order valence-corrected chi connectivity index (χ2v) is 5.23. The SMILES string of the molecule is CCCN(CCN(C)C)C(CN)c1cccc(F)c1F. The van der Waals surface area contributed by atoms with Gasteiger partial charge in [-0.15, -0.1) is 0 Å². The molecule has 0 aliphatic carbocycles. The molecule has 0 saturated carbocycles. The second kappa shape index (κ2) is 8.29. The minimum Gasteiger partial charge on any atom is -0.329 e. The highest BCUT2D eigenvalue weighted by atomic mass is 19.2. The van der Waals surface area contributed by atoms with Crippen LogP contribution in [0.15, 0.2) is 18.2 Å². The van der Waals surface area contributed by atoms with E-state index in [1.165, 1.54) is 6.07 Å². The van der Waals surface area contributed by atoms with Gasteiger partial charge >= 0.3 is 0 Å². The van der Waals surface area contributed by atoms with Crippen LogP contribution in [-0.2, 0) is 0 Å². The largest absolute Gasteiger partial charge is 0.329 e. The molecule has 0 heterocycles. The number of likely N-dealkylation sites (N-methyl/N-ethyl adjacent to an activating group) is 1. The molecule has 0 aliphatic rings. The summed E-state index contributed by atoms with van der Waals surface area (Å²) < 4.78 is 27.4. The maximum absolute atomic E-state index is 14.0. The average Bonchev–Trinajstić information content (AvgIpc) is 2.41. The zero-order valence-electron chi connectivity index (χ0n) is 12.6. The monoisotopic (exact) mass is 285 g/mol.